The molecule has 0 saturated heterocycles. The summed E-state index contributed by atoms with van der Waals surface area (Å²) in [5.41, 5.74) is -0.978. The Labute approximate surface area is 245 Å². The minimum Gasteiger partial charge on any atom is -0.511 e. The fourth-order valence-corrected chi connectivity index (χ4v) is 10.8. The van der Waals surface area contributed by atoms with Crippen molar-refractivity contribution in [3.8, 4) is 6.07 Å². The molecule has 5 aliphatic carbocycles. The van der Waals surface area contributed by atoms with Gasteiger partial charge in [-0.2, -0.15) is 5.26 Å². The topological polar surface area (TPSA) is 106 Å². The lowest BCUT2D eigenvalue weighted by atomic mass is 9.34. The second kappa shape index (κ2) is 9.67. The Bertz CT molecular complexity index is 1240. The Balaban J connectivity index is 1.65. The summed E-state index contributed by atoms with van der Waals surface area (Å²) in [6.07, 6.45) is 8.09. The Morgan fingerprint density at radius 3 is 2.39 bits per heavy atom. The van der Waals surface area contributed by atoms with Crippen molar-refractivity contribution in [1.29, 1.82) is 5.26 Å². The fraction of sp³-hybridized carbons (Fsp3) is 0.794. The van der Waals surface area contributed by atoms with Crippen molar-refractivity contribution in [2.24, 2.45) is 50.2 Å². The number of aliphatic hydroxyl groups is 1. The number of nitrogens with zero attached hydrogens (tertiary/aromatic N) is 1. The standard InChI is InChI=1S/C34H49NO6/c1-29(2)11-13-34(28(38)40-8)14-12-33(6)26(22(34)17-29)23(36)15-25-30(3)16-21(18-35)27(37)31(4,19-41-20-39-7)24(30)9-10-32(25,33)5/h15,22,24,26,37H,9-14,16-17,19-20H2,1-8H3/t22-,24+,26-,30-,31+,32+,33+,34-/m0/s1. The molecular weight excluding hydrogens is 518 g/mol. The number of allylic oxidation sites excluding steroid dienone is 3. The number of aliphatic hydroxyl groups excluding tert-OH is 1. The summed E-state index contributed by atoms with van der Waals surface area (Å²) in [5, 5.41) is 21.5. The van der Waals surface area contributed by atoms with E-state index in [-0.39, 0.29) is 64.9 Å². The van der Waals surface area contributed by atoms with Gasteiger partial charge >= 0.3 is 5.97 Å². The van der Waals surface area contributed by atoms with Crippen LogP contribution in [0.15, 0.2) is 23.0 Å². The van der Waals surface area contributed by atoms with Gasteiger partial charge in [-0.25, -0.2) is 0 Å². The molecule has 0 aromatic rings. The number of ketones is 1. The summed E-state index contributed by atoms with van der Waals surface area (Å²) >= 11 is 0. The average molecular weight is 568 g/mol. The van der Waals surface area contributed by atoms with Gasteiger partial charge in [0, 0.05) is 13.0 Å². The van der Waals surface area contributed by atoms with Crippen LogP contribution in [0.3, 0.4) is 0 Å². The fourth-order valence-electron chi connectivity index (χ4n) is 10.8. The molecule has 5 rings (SSSR count). The van der Waals surface area contributed by atoms with Gasteiger partial charge in [0.05, 0.1) is 36.2 Å². The maximum absolute atomic E-state index is 14.6. The first-order chi connectivity index (χ1) is 19.1. The number of esters is 1. The predicted molar refractivity (Wildman–Crippen MR) is 154 cm³/mol. The van der Waals surface area contributed by atoms with Crippen LogP contribution < -0.4 is 0 Å². The maximum Gasteiger partial charge on any atom is 0.312 e. The molecular formula is C34H49NO6. The minimum atomic E-state index is -0.778. The van der Waals surface area contributed by atoms with E-state index in [0.29, 0.717) is 12.0 Å². The zero-order valence-electron chi connectivity index (χ0n) is 26.3. The van der Waals surface area contributed by atoms with Crippen molar-refractivity contribution in [2.75, 3.05) is 27.6 Å². The number of carbonyl (C=O) groups excluding carboxylic acids is 2. The lowest BCUT2D eigenvalue weighted by Gasteiger charge is -2.69. The van der Waals surface area contributed by atoms with Gasteiger partial charge in [0.2, 0.25) is 0 Å². The Morgan fingerprint density at radius 1 is 1.07 bits per heavy atom. The quantitative estimate of drug-likeness (QED) is 0.224. The van der Waals surface area contributed by atoms with Crippen molar-refractivity contribution in [3.63, 3.8) is 0 Å². The minimum absolute atomic E-state index is 0.0115. The van der Waals surface area contributed by atoms with E-state index >= 15 is 0 Å². The van der Waals surface area contributed by atoms with Gasteiger partial charge in [0.1, 0.15) is 12.6 Å². The number of rotatable bonds is 5. The number of hydrogen-bond donors (Lipinski definition) is 1. The molecule has 5 aliphatic rings. The predicted octanol–water partition coefficient (Wildman–Crippen LogP) is 6.69. The average Bonchev–Trinajstić information content (AvgIpc) is 2.91. The molecule has 7 heteroatoms. The van der Waals surface area contributed by atoms with Gasteiger partial charge < -0.3 is 19.3 Å². The van der Waals surface area contributed by atoms with Crippen LogP contribution in [-0.4, -0.2) is 44.5 Å². The van der Waals surface area contributed by atoms with Crippen LogP contribution >= 0.6 is 0 Å². The molecule has 226 valence electrons. The van der Waals surface area contributed by atoms with E-state index in [0.717, 1.165) is 50.5 Å². The third kappa shape index (κ3) is 3.95. The lowest BCUT2D eigenvalue weighted by molar-refractivity contribution is -0.193. The normalized spacial score (nSPS) is 44.9. The van der Waals surface area contributed by atoms with Crippen molar-refractivity contribution in [3.05, 3.63) is 23.0 Å². The van der Waals surface area contributed by atoms with E-state index in [1.165, 1.54) is 7.11 Å². The van der Waals surface area contributed by atoms with Gasteiger partial charge in [-0.1, -0.05) is 40.2 Å². The van der Waals surface area contributed by atoms with Gasteiger partial charge in [-0.15, -0.1) is 0 Å². The Hall–Kier alpha value is -2.17. The number of carbonyl (C=O) groups is 2. The van der Waals surface area contributed by atoms with Gasteiger partial charge in [-0.3, -0.25) is 9.59 Å². The van der Waals surface area contributed by atoms with Gasteiger partial charge in [0.15, 0.2) is 5.78 Å². The molecule has 0 unspecified atom stereocenters. The molecule has 0 amide bonds. The van der Waals surface area contributed by atoms with Crippen LogP contribution in [0.2, 0.25) is 0 Å². The monoisotopic (exact) mass is 567 g/mol. The zero-order chi connectivity index (χ0) is 30.2. The van der Waals surface area contributed by atoms with E-state index in [9.17, 15) is 20.0 Å². The molecule has 0 bridgehead atoms. The summed E-state index contributed by atoms with van der Waals surface area (Å²) in [5.74, 6) is -0.262. The summed E-state index contributed by atoms with van der Waals surface area (Å²) in [6, 6.07) is 2.29. The maximum atomic E-state index is 14.6. The molecule has 0 aliphatic heterocycles. The number of hydrogen-bond acceptors (Lipinski definition) is 7. The molecule has 0 radical (unpaired) electrons. The molecule has 7 nitrogen and oxygen atoms in total. The molecule has 3 fully saturated rings. The van der Waals surface area contributed by atoms with Crippen molar-refractivity contribution in [2.45, 2.75) is 92.9 Å². The highest BCUT2D eigenvalue weighted by molar-refractivity contribution is 5.96. The van der Waals surface area contributed by atoms with Crippen molar-refractivity contribution in [1.82, 2.24) is 0 Å². The summed E-state index contributed by atoms with van der Waals surface area (Å²) in [4.78, 5) is 28.0. The summed E-state index contributed by atoms with van der Waals surface area (Å²) < 4.78 is 16.4. The highest BCUT2D eigenvalue weighted by atomic mass is 16.7. The summed E-state index contributed by atoms with van der Waals surface area (Å²) in [7, 11) is 3.05. The molecule has 0 heterocycles. The van der Waals surface area contributed by atoms with Crippen molar-refractivity contribution >= 4 is 11.8 Å². The first kappa shape index (κ1) is 30.3. The van der Waals surface area contributed by atoms with Crippen LogP contribution in [0.25, 0.3) is 0 Å². The molecule has 1 N–H and O–H groups in total. The number of nitriles is 1. The largest absolute Gasteiger partial charge is 0.511 e. The van der Waals surface area contributed by atoms with Crippen LogP contribution in [0, 0.1) is 61.6 Å². The molecule has 0 aromatic carbocycles. The summed E-state index contributed by atoms with van der Waals surface area (Å²) in [6.45, 7) is 13.7. The van der Waals surface area contributed by atoms with Gasteiger partial charge in [0.25, 0.3) is 0 Å². The number of fused-ring (bicyclic) bond motifs is 7. The Morgan fingerprint density at radius 2 is 1.76 bits per heavy atom. The third-order valence-corrected chi connectivity index (χ3v) is 13.1. The second-order valence-electron chi connectivity index (χ2n) is 15.6. The second-order valence-corrected chi connectivity index (χ2v) is 15.6. The highest BCUT2D eigenvalue weighted by Crippen LogP contribution is 2.75. The molecule has 3 saturated carbocycles. The van der Waals surface area contributed by atoms with E-state index in [2.05, 4.69) is 40.7 Å². The number of methoxy groups -OCH3 is 2. The lowest BCUT2D eigenvalue weighted by Crippen LogP contribution is -2.66. The first-order valence-corrected chi connectivity index (χ1v) is 15.3. The van der Waals surface area contributed by atoms with E-state index in [1.807, 2.05) is 13.0 Å². The molecule has 0 aromatic heterocycles. The van der Waals surface area contributed by atoms with Crippen molar-refractivity contribution < 1.29 is 28.9 Å². The smallest absolute Gasteiger partial charge is 0.312 e. The highest BCUT2D eigenvalue weighted by Gasteiger charge is 2.71. The van der Waals surface area contributed by atoms with E-state index in [1.54, 1.807) is 7.11 Å². The van der Waals surface area contributed by atoms with Crippen LogP contribution in [0.5, 0.6) is 0 Å². The van der Waals surface area contributed by atoms with Gasteiger partial charge in [-0.05, 0) is 97.9 Å². The first-order valence-electron chi connectivity index (χ1n) is 15.3. The number of ether oxygens (including phenoxy) is 3. The third-order valence-electron chi connectivity index (χ3n) is 13.1. The zero-order valence-corrected chi connectivity index (χ0v) is 26.3. The van der Waals surface area contributed by atoms with Crippen LogP contribution in [-0.2, 0) is 23.8 Å². The molecule has 41 heavy (non-hydrogen) atoms. The van der Waals surface area contributed by atoms with Crippen LogP contribution in [0.1, 0.15) is 92.9 Å². The van der Waals surface area contributed by atoms with E-state index < -0.39 is 16.2 Å². The Kier molecular flexibility index (Phi) is 7.15. The molecule has 0 spiro atoms. The SMILES string of the molecule is COCOC[C@@]1(C)C(O)=C(C#N)C[C@]2(C)C3=CC(=O)[C@@H]4[C@@H]5CC(C)(C)CC[C@]5(C(=O)OC)CC[C@@]4(C)[C@]3(C)CC[C@@H]12. The van der Waals surface area contributed by atoms with E-state index in [4.69, 9.17) is 14.2 Å². The van der Waals surface area contributed by atoms with Crippen LogP contribution in [0.4, 0.5) is 0 Å². The molecule has 8 atom stereocenters.